The van der Waals surface area contributed by atoms with E-state index in [4.69, 9.17) is 4.42 Å². The lowest BCUT2D eigenvalue weighted by Crippen LogP contribution is -2.24. The molecule has 1 N–H and O–H groups in total. The van der Waals surface area contributed by atoms with Crippen LogP contribution < -0.4 is 5.32 Å². The first-order chi connectivity index (χ1) is 10.4. The number of hydrogen-bond acceptors (Lipinski definition) is 3. The van der Waals surface area contributed by atoms with Crippen molar-refractivity contribution in [2.24, 2.45) is 5.92 Å². The molecule has 4 nitrogen and oxygen atoms in total. The fourth-order valence-electron chi connectivity index (χ4n) is 2.30. The van der Waals surface area contributed by atoms with Crippen molar-refractivity contribution in [1.29, 1.82) is 0 Å². The SMILES string of the molecule is Cc1nc(CNC(=O)Cc2ccc(CC(C)C)cc2)oc1C. The average Bonchev–Trinajstić information content (AvgIpc) is 2.77. The minimum absolute atomic E-state index is 0.0230. The van der Waals surface area contributed by atoms with Crippen LogP contribution in [0.1, 0.15) is 42.3 Å². The first-order valence-electron chi connectivity index (χ1n) is 7.71. The van der Waals surface area contributed by atoms with Crippen LogP contribution in [0, 0.1) is 19.8 Å². The van der Waals surface area contributed by atoms with Gasteiger partial charge in [0.15, 0.2) is 0 Å². The van der Waals surface area contributed by atoms with Crippen LogP contribution in [0.4, 0.5) is 0 Å². The highest BCUT2D eigenvalue weighted by Crippen LogP contribution is 2.11. The normalized spacial score (nSPS) is 11.0. The molecule has 0 unspecified atom stereocenters. The molecule has 0 aliphatic carbocycles. The predicted octanol–water partition coefficient (Wildman–Crippen LogP) is 3.35. The van der Waals surface area contributed by atoms with Gasteiger partial charge in [-0.25, -0.2) is 4.98 Å². The summed E-state index contributed by atoms with van der Waals surface area (Å²) in [6.45, 7) is 8.50. The van der Waals surface area contributed by atoms with E-state index in [-0.39, 0.29) is 5.91 Å². The molecule has 1 aromatic heterocycles. The summed E-state index contributed by atoms with van der Waals surface area (Å²) < 4.78 is 5.44. The van der Waals surface area contributed by atoms with Crippen LogP contribution in [-0.2, 0) is 24.2 Å². The van der Waals surface area contributed by atoms with Crippen molar-refractivity contribution in [3.63, 3.8) is 0 Å². The van der Waals surface area contributed by atoms with Gasteiger partial charge in [0.05, 0.1) is 18.7 Å². The molecule has 118 valence electrons. The van der Waals surface area contributed by atoms with Gasteiger partial charge in [-0.1, -0.05) is 38.1 Å². The van der Waals surface area contributed by atoms with Gasteiger partial charge in [-0.05, 0) is 37.3 Å². The van der Waals surface area contributed by atoms with E-state index >= 15 is 0 Å². The molecule has 0 radical (unpaired) electrons. The Bertz CT molecular complexity index is 608. The van der Waals surface area contributed by atoms with Crippen molar-refractivity contribution in [2.75, 3.05) is 0 Å². The lowest BCUT2D eigenvalue weighted by Gasteiger charge is -2.07. The molecule has 0 spiro atoms. The van der Waals surface area contributed by atoms with E-state index < -0.39 is 0 Å². The summed E-state index contributed by atoms with van der Waals surface area (Å²) in [5.41, 5.74) is 3.19. The van der Waals surface area contributed by atoms with E-state index in [1.165, 1.54) is 5.56 Å². The fourth-order valence-corrected chi connectivity index (χ4v) is 2.30. The van der Waals surface area contributed by atoms with Crippen LogP contribution in [0.5, 0.6) is 0 Å². The van der Waals surface area contributed by atoms with Crippen LogP contribution in [-0.4, -0.2) is 10.9 Å². The largest absolute Gasteiger partial charge is 0.444 e. The molecule has 2 rings (SSSR count). The summed E-state index contributed by atoms with van der Waals surface area (Å²) in [7, 11) is 0. The maximum atomic E-state index is 12.0. The van der Waals surface area contributed by atoms with Gasteiger partial charge < -0.3 is 9.73 Å². The number of hydrogen-bond donors (Lipinski definition) is 1. The van der Waals surface area contributed by atoms with Crippen molar-refractivity contribution < 1.29 is 9.21 Å². The first-order valence-corrected chi connectivity index (χ1v) is 7.71. The molecule has 1 aromatic carbocycles. The average molecular weight is 300 g/mol. The number of aryl methyl sites for hydroxylation is 2. The number of amides is 1. The minimum Gasteiger partial charge on any atom is -0.444 e. The van der Waals surface area contributed by atoms with Crippen molar-refractivity contribution in [1.82, 2.24) is 10.3 Å². The second kappa shape index (κ2) is 7.25. The number of rotatable bonds is 6. The summed E-state index contributed by atoms with van der Waals surface area (Å²) in [5.74, 6) is 1.97. The van der Waals surface area contributed by atoms with Crippen LogP contribution in [0.3, 0.4) is 0 Å². The van der Waals surface area contributed by atoms with Gasteiger partial charge in [0.2, 0.25) is 11.8 Å². The first kappa shape index (κ1) is 16.3. The molecular weight excluding hydrogens is 276 g/mol. The van der Waals surface area contributed by atoms with Gasteiger partial charge in [0.1, 0.15) is 5.76 Å². The maximum absolute atomic E-state index is 12.0. The maximum Gasteiger partial charge on any atom is 0.224 e. The molecule has 1 amide bonds. The number of aromatic nitrogens is 1. The van der Waals surface area contributed by atoms with E-state index in [2.05, 4.69) is 36.3 Å². The Morgan fingerprint density at radius 2 is 1.82 bits per heavy atom. The third-order valence-corrected chi connectivity index (χ3v) is 3.54. The number of nitrogens with one attached hydrogen (secondary N) is 1. The molecule has 0 saturated carbocycles. The monoisotopic (exact) mass is 300 g/mol. The molecule has 0 bridgehead atoms. The molecule has 0 aliphatic heterocycles. The Labute approximate surface area is 131 Å². The van der Waals surface area contributed by atoms with Gasteiger partial charge in [-0.3, -0.25) is 4.79 Å². The van der Waals surface area contributed by atoms with Gasteiger partial charge in [-0.2, -0.15) is 0 Å². The lowest BCUT2D eigenvalue weighted by atomic mass is 10.0. The Balaban J connectivity index is 1.83. The summed E-state index contributed by atoms with van der Waals surface area (Å²) in [6.07, 6.45) is 1.44. The molecule has 0 atom stereocenters. The Morgan fingerprint density at radius 3 is 2.36 bits per heavy atom. The lowest BCUT2D eigenvalue weighted by molar-refractivity contribution is -0.120. The van der Waals surface area contributed by atoms with E-state index in [0.717, 1.165) is 23.4 Å². The smallest absolute Gasteiger partial charge is 0.224 e. The minimum atomic E-state index is -0.0230. The summed E-state index contributed by atoms with van der Waals surface area (Å²) in [4.78, 5) is 16.2. The molecular formula is C18H24N2O2. The Kier molecular flexibility index (Phi) is 5.36. The highest BCUT2D eigenvalue weighted by atomic mass is 16.4. The number of oxazole rings is 1. The zero-order valence-electron chi connectivity index (χ0n) is 13.8. The number of benzene rings is 1. The van der Waals surface area contributed by atoms with Gasteiger partial charge in [0, 0.05) is 0 Å². The third-order valence-electron chi connectivity index (χ3n) is 3.54. The van der Waals surface area contributed by atoms with Gasteiger partial charge in [0.25, 0.3) is 0 Å². The van der Waals surface area contributed by atoms with Crippen molar-refractivity contribution in [3.05, 3.63) is 52.7 Å². The molecule has 2 aromatic rings. The summed E-state index contributed by atoms with van der Waals surface area (Å²) in [6, 6.07) is 8.25. The molecule has 1 heterocycles. The standard InChI is InChI=1S/C18H24N2O2/c1-12(2)9-15-5-7-16(8-6-15)10-17(21)19-11-18-20-13(3)14(4)22-18/h5-8,12H,9-11H2,1-4H3,(H,19,21). The van der Waals surface area contributed by atoms with Crippen LogP contribution >= 0.6 is 0 Å². The highest BCUT2D eigenvalue weighted by molar-refractivity contribution is 5.78. The second-order valence-corrected chi connectivity index (χ2v) is 6.12. The number of nitrogens with zero attached hydrogens (tertiary/aromatic N) is 1. The van der Waals surface area contributed by atoms with Crippen LogP contribution in [0.25, 0.3) is 0 Å². The van der Waals surface area contributed by atoms with E-state index in [1.807, 2.05) is 26.0 Å². The van der Waals surface area contributed by atoms with Crippen molar-refractivity contribution in [2.45, 2.75) is 47.1 Å². The zero-order valence-corrected chi connectivity index (χ0v) is 13.8. The van der Waals surface area contributed by atoms with E-state index in [0.29, 0.717) is 24.8 Å². The summed E-state index contributed by atoms with van der Waals surface area (Å²) in [5, 5.41) is 2.84. The molecule has 0 saturated heterocycles. The molecule has 4 heteroatoms. The highest BCUT2D eigenvalue weighted by Gasteiger charge is 2.08. The summed E-state index contributed by atoms with van der Waals surface area (Å²) >= 11 is 0. The van der Waals surface area contributed by atoms with Crippen LogP contribution in [0.2, 0.25) is 0 Å². The number of carbonyl (C=O) groups excluding carboxylic acids is 1. The zero-order chi connectivity index (χ0) is 16.1. The van der Waals surface area contributed by atoms with Crippen LogP contribution in [0.15, 0.2) is 28.7 Å². The second-order valence-electron chi connectivity index (χ2n) is 6.12. The van der Waals surface area contributed by atoms with Gasteiger partial charge >= 0.3 is 0 Å². The predicted molar refractivity (Wildman–Crippen MR) is 86.5 cm³/mol. The topological polar surface area (TPSA) is 55.1 Å². The Morgan fingerprint density at radius 1 is 1.18 bits per heavy atom. The quantitative estimate of drug-likeness (QED) is 0.890. The molecule has 0 aliphatic rings. The van der Waals surface area contributed by atoms with Crippen molar-refractivity contribution >= 4 is 5.91 Å². The van der Waals surface area contributed by atoms with Gasteiger partial charge in [-0.15, -0.1) is 0 Å². The van der Waals surface area contributed by atoms with E-state index in [9.17, 15) is 4.79 Å². The fraction of sp³-hybridized carbons (Fsp3) is 0.444. The van der Waals surface area contributed by atoms with E-state index in [1.54, 1.807) is 0 Å². The molecule has 22 heavy (non-hydrogen) atoms. The third kappa shape index (κ3) is 4.72. The molecule has 0 fully saturated rings. The number of carbonyl (C=O) groups is 1. The Hall–Kier alpha value is -2.10. The van der Waals surface area contributed by atoms with Crippen molar-refractivity contribution in [3.8, 4) is 0 Å².